The van der Waals surface area contributed by atoms with Gasteiger partial charge in [0.2, 0.25) is 0 Å². The van der Waals surface area contributed by atoms with Gasteiger partial charge >= 0.3 is 0 Å². The van der Waals surface area contributed by atoms with Crippen molar-refractivity contribution in [2.45, 2.75) is 6.54 Å². The fourth-order valence-electron chi connectivity index (χ4n) is 1.45. The smallest absolute Gasteiger partial charge is 0.140 e. The van der Waals surface area contributed by atoms with E-state index in [0.717, 1.165) is 11.4 Å². The minimum absolute atomic E-state index is 0.463. The summed E-state index contributed by atoms with van der Waals surface area (Å²) in [6.07, 6.45) is 3.63. The van der Waals surface area contributed by atoms with Crippen molar-refractivity contribution in [2.24, 2.45) is 5.73 Å². The second-order valence-electron chi connectivity index (χ2n) is 3.21. The molecule has 0 amide bonds. The molecule has 15 heavy (non-hydrogen) atoms. The number of benzene rings is 1. The number of hydrogen-bond donors (Lipinski definition) is 1. The van der Waals surface area contributed by atoms with Gasteiger partial charge in [0.25, 0.3) is 0 Å². The third-order valence-electron chi connectivity index (χ3n) is 2.07. The van der Waals surface area contributed by atoms with Crippen LogP contribution in [-0.4, -0.2) is 14.5 Å². The first-order valence-corrected chi connectivity index (χ1v) is 5.03. The second-order valence-corrected chi connectivity index (χ2v) is 3.74. The zero-order valence-corrected chi connectivity index (χ0v) is 8.95. The van der Waals surface area contributed by atoms with E-state index >= 15 is 0 Å². The van der Waals surface area contributed by atoms with Crippen LogP contribution in [0.5, 0.6) is 0 Å². The maximum Gasteiger partial charge on any atom is 0.140 e. The Morgan fingerprint density at radius 1 is 1.33 bits per heavy atom. The third-order valence-corrected chi connectivity index (χ3v) is 2.20. The third kappa shape index (κ3) is 2.22. The molecule has 1 heterocycles. The molecule has 0 unspecified atom stereocenters. The van der Waals surface area contributed by atoms with Gasteiger partial charge in [-0.25, -0.2) is 4.98 Å². The Bertz CT molecular complexity index is 462. The highest BCUT2D eigenvalue weighted by atomic mass is 32.1. The van der Waals surface area contributed by atoms with Crippen LogP contribution >= 0.6 is 12.2 Å². The molecule has 0 atom stereocenters. The second kappa shape index (κ2) is 4.23. The zero-order valence-electron chi connectivity index (χ0n) is 8.13. The average molecular weight is 217 g/mol. The molecule has 0 bridgehead atoms. The van der Waals surface area contributed by atoms with Gasteiger partial charge in [-0.05, 0) is 0 Å². The normalized spacial score (nSPS) is 10.1. The van der Waals surface area contributed by atoms with E-state index < -0.39 is 0 Å². The lowest BCUT2D eigenvalue weighted by Gasteiger charge is -2.05. The number of nitrogens with zero attached hydrogens (tertiary/aromatic N) is 2. The van der Waals surface area contributed by atoms with Crippen LogP contribution in [0.25, 0.3) is 11.4 Å². The van der Waals surface area contributed by atoms with E-state index in [2.05, 4.69) is 4.98 Å². The molecule has 4 heteroatoms. The standard InChI is InChI=1S/C11H11N3S/c12-10(15)8-14-7-6-13-11(14)9-4-2-1-3-5-9/h1-7H,8H2,(H2,12,15). The SMILES string of the molecule is NC(=S)Cn1ccnc1-c1ccccc1. The summed E-state index contributed by atoms with van der Waals surface area (Å²) in [5.74, 6) is 0.892. The van der Waals surface area contributed by atoms with E-state index in [0.29, 0.717) is 11.5 Å². The van der Waals surface area contributed by atoms with Crippen molar-refractivity contribution >= 4 is 17.2 Å². The minimum Gasteiger partial charge on any atom is -0.392 e. The van der Waals surface area contributed by atoms with Crippen LogP contribution in [0.1, 0.15) is 0 Å². The van der Waals surface area contributed by atoms with Gasteiger partial charge in [0, 0.05) is 18.0 Å². The van der Waals surface area contributed by atoms with E-state index in [-0.39, 0.29) is 0 Å². The van der Waals surface area contributed by atoms with Gasteiger partial charge in [0.15, 0.2) is 0 Å². The Morgan fingerprint density at radius 3 is 2.73 bits per heavy atom. The van der Waals surface area contributed by atoms with Crippen LogP contribution < -0.4 is 5.73 Å². The molecule has 1 aromatic heterocycles. The molecule has 0 aliphatic rings. The van der Waals surface area contributed by atoms with Gasteiger partial charge < -0.3 is 10.3 Å². The largest absolute Gasteiger partial charge is 0.392 e. The molecule has 0 aliphatic heterocycles. The highest BCUT2D eigenvalue weighted by Gasteiger charge is 2.05. The fourth-order valence-corrected chi connectivity index (χ4v) is 1.59. The van der Waals surface area contributed by atoms with E-state index in [9.17, 15) is 0 Å². The van der Waals surface area contributed by atoms with Crippen LogP contribution in [0.15, 0.2) is 42.7 Å². The maximum absolute atomic E-state index is 5.51. The molecule has 0 fully saturated rings. The van der Waals surface area contributed by atoms with Gasteiger partial charge in [-0.2, -0.15) is 0 Å². The molecule has 0 aliphatic carbocycles. The number of nitrogens with two attached hydrogens (primary N) is 1. The number of aromatic nitrogens is 2. The summed E-state index contributed by atoms with van der Waals surface area (Å²) in [6.45, 7) is 0.527. The molecule has 0 radical (unpaired) electrons. The highest BCUT2D eigenvalue weighted by molar-refractivity contribution is 7.80. The summed E-state index contributed by atoms with van der Waals surface area (Å²) >= 11 is 4.88. The summed E-state index contributed by atoms with van der Waals surface area (Å²) in [6, 6.07) is 9.96. The Morgan fingerprint density at radius 2 is 2.07 bits per heavy atom. The number of hydrogen-bond acceptors (Lipinski definition) is 2. The summed E-state index contributed by atoms with van der Waals surface area (Å²) in [7, 11) is 0. The van der Waals surface area contributed by atoms with Crippen LogP contribution in [0.3, 0.4) is 0 Å². The molecule has 2 aromatic rings. The Balaban J connectivity index is 2.37. The molecule has 3 nitrogen and oxygen atoms in total. The number of imidazole rings is 1. The zero-order chi connectivity index (χ0) is 10.7. The van der Waals surface area contributed by atoms with Gasteiger partial charge in [0.05, 0.1) is 11.5 Å². The Labute approximate surface area is 93.6 Å². The van der Waals surface area contributed by atoms with Crippen LogP contribution in [0, 0.1) is 0 Å². The lowest BCUT2D eigenvalue weighted by molar-refractivity contribution is 0.864. The van der Waals surface area contributed by atoms with Crippen molar-refractivity contribution in [3.63, 3.8) is 0 Å². The van der Waals surface area contributed by atoms with E-state index in [1.54, 1.807) is 6.20 Å². The molecule has 76 valence electrons. The van der Waals surface area contributed by atoms with Crippen molar-refractivity contribution in [2.75, 3.05) is 0 Å². The molecule has 1 aromatic carbocycles. The molecular weight excluding hydrogens is 206 g/mol. The Hall–Kier alpha value is -1.68. The fraction of sp³-hybridized carbons (Fsp3) is 0.0909. The lowest BCUT2D eigenvalue weighted by Crippen LogP contribution is -2.16. The predicted octanol–water partition coefficient (Wildman–Crippen LogP) is 1.84. The van der Waals surface area contributed by atoms with Gasteiger partial charge in [-0.1, -0.05) is 42.5 Å². The first-order valence-electron chi connectivity index (χ1n) is 4.62. The molecule has 2 rings (SSSR count). The first kappa shape index (κ1) is 9.86. The van der Waals surface area contributed by atoms with Crippen molar-refractivity contribution in [3.05, 3.63) is 42.7 Å². The summed E-state index contributed by atoms with van der Waals surface area (Å²) in [4.78, 5) is 4.75. The molecular formula is C11H11N3S. The summed E-state index contributed by atoms with van der Waals surface area (Å²) in [5, 5.41) is 0. The number of rotatable bonds is 3. The summed E-state index contributed by atoms with van der Waals surface area (Å²) < 4.78 is 1.94. The maximum atomic E-state index is 5.51. The molecule has 2 N–H and O–H groups in total. The lowest BCUT2D eigenvalue weighted by atomic mass is 10.2. The van der Waals surface area contributed by atoms with Crippen LogP contribution in [0.2, 0.25) is 0 Å². The van der Waals surface area contributed by atoms with Gasteiger partial charge in [0.1, 0.15) is 5.82 Å². The van der Waals surface area contributed by atoms with Crippen LogP contribution in [0.4, 0.5) is 0 Å². The van der Waals surface area contributed by atoms with Gasteiger partial charge in [-0.3, -0.25) is 0 Å². The van der Waals surface area contributed by atoms with Crippen molar-refractivity contribution in [3.8, 4) is 11.4 Å². The number of thiocarbonyl (C=S) groups is 1. The van der Waals surface area contributed by atoms with Gasteiger partial charge in [-0.15, -0.1) is 0 Å². The highest BCUT2D eigenvalue weighted by Crippen LogP contribution is 2.16. The van der Waals surface area contributed by atoms with E-state index in [4.69, 9.17) is 18.0 Å². The average Bonchev–Trinajstić information content (AvgIpc) is 2.66. The van der Waals surface area contributed by atoms with Crippen molar-refractivity contribution in [1.29, 1.82) is 0 Å². The van der Waals surface area contributed by atoms with E-state index in [1.807, 2.05) is 41.1 Å². The first-order chi connectivity index (χ1) is 7.27. The van der Waals surface area contributed by atoms with Crippen molar-refractivity contribution in [1.82, 2.24) is 9.55 Å². The minimum atomic E-state index is 0.463. The molecule has 0 saturated heterocycles. The van der Waals surface area contributed by atoms with Crippen molar-refractivity contribution < 1.29 is 0 Å². The molecule has 0 saturated carbocycles. The Kier molecular flexibility index (Phi) is 2.78. The predicted molar refractivity (Wildman–Crippen MR) is 64.4 cm³/mol. The van der Waals surface area contributed by atoms with E-state index in [1.165, 1.54) is 0 Å². The quantitative estimate of drug-likeness (QED) is 0.798. The summed E-state index contributed by atoms with van der Waals surface area (Å²) in [5.41, 5.74) is 6.58. The topological polar surface area (TPSA) is 43.8 Å². The van der Waals surface area contributed by atoms with Crippen LogP contribution in [-0.2, 0) is 6.54 Å². The molecule has 0 spiro atoms. The monoisotopic (exact) mass is 217 g/mol.